The summed E-state index contributed by atoms with van der Waals surface area (Å²) in [5.41, 5.74) is 2.64. The molecule has 0 amide bonds. The van der Waals surface area contributed by atoms with Crippen molar-refractivity contribution in [2.75, 3.05) is 18.0 Å². The standard InChI is InChI=1S/C19H24N8/c1-13-11-20-14(2)18-21-16(23-27(13)18)7-8-17-22-19(25-9-3-4-10-25)24-26(17)12-15-5-6-15/h7-8,11,15H,3-6,9-10,12H2,1-2H3/b8-7+. The van der Waals surface area contributed by atoms with E-state index in [1.54, 1.807) is 0 Å². The van der Waals surface area contributed by atoms with Crippen LogP contribution in [0.15, 0.2) is 6.20 Å². The van der Waals surface area contributed by atoms with Gasteiger partial charge in [-0.25, -0.2) is 14.2 Å². The van der Waals surface area contributed by atoms with Gasteiger partial charge in [0.25, 0.3) is 0 Å². The van der Waals surface area contributed by atoms with Crippen LogP contribution >= 0.6 is 0 Å². The van der Waals surface area contributed by atoms with Crippen molar-refractivity contribution >= 4 is 23.7 Å². The topological polar surface area (TPSA) is 77.0 Å². The van der Waals surface area contributed by atoms with Crippen LogP contribution in [0.3, 0.4) is 0 Å². The molecule has 0 radical (unpaired) electrons. The number of hydrogen-bond acceptors (Lipinski definition) is 6. The maximum absolute atomic E-state index is 4.79. The summed E-state index contributed by atoms with van der Waals surface area (Å²) in [5.74, 6) is 3.15. The van der Waals surface area contributed by atoms with Crippen molar-refractivity contribution in [2.24, 2.45) is 5.92 Å². The minimum atomic E-state index is 0.665. The van der Waals surface area contributed by atoms with Crippen LogP contribution in [-0.4, -0.2) is 47.4 Å². The Kier molecular flexibility index (Phi) is 3.91. The molecular weight excluding hydrogens is 340 g/mol. The number of rotatable bonds is 5. The third-order valence-electron chi connectivity index (χ3n) is 5.31. The summed E-state index contributed by atoms with van der Waals surface area (Å²) in [6, 6.07) is 0. The van der Waals surface area contributed by atoms with E-state index >= 15 is 0 Å². The zero-order valence-electron chi connectivity index (χ0n) is 15.8. The van der Waals surface area contributed by atoms with Gasteiger partial charge in [-0.15, -0.1) is 10.2 Å². The van der Waals surface area contributed by atoms with Crippen molar-refractivity contribution in [1.29, 1.82) is 0 Å². The first-order valence-corrected chi connectivity index (χ1v) is 9.74. The molecule has 3 aromatic rings. The normalized spacial score (nSPS) is 17.6. The number of aromatic nitrogens is 7. The van der Waals surface area contributed by atoms with E-state index in [9.17, 15) is 0 Å². The lowest BCUT2D eigenvalue weighted by molar-refractivity contribution is 0.556. The molecule has 1 aliphatic heterocycles. The zero-order chi connectivity index (χ0) is 18.4. The maximum Gasteiger partial charge on any atom is 0.245 e. The van der Waals surface area contributed by atoms with Crippen molar-refractivity contribution in [3.05, 3.63) is 29.2 Å². The van der Waals surface area contributed by atoms with Crippen LogP contribution in [0.4, 0.5) is 5.95 Å². The van der Waals surface area contributed by atoms with Crippen LogP contribution in [0, 0.1) is 19.8 Å². The molecule has 2 aliphatic rings. The number of fused-ring (bicyclic) bond motifs is 1. The molecule has 8 nitrogen and oxygen atoms in total. The lowest BCUT2D eigenvalue weighted by atomic mass is 10.4. The number of anilines is 1. The van der Waals surface area contributed by atoms with Gasteiger partial charge in [0, 0.05) is 25.8 Å². The Labute approximate surface area is 157 Å². The Morgan fingerprint density at radius 3 is 2.63 bits per heavy atom. The molecule has 0 spiro atoms. The molecule has 0 atom stereocenters. The highest BCUT2D eigenvalue weighted by Gasteiger charge is 2.25. The lowest BCUT2D eigenvalue weighted by Gasteiger charge is -2.10. The van der Waals surface area contributed by atoms with E-state index in [4.69, 9.17) is 10.1 Å². The molecule has 0 bridgehead atoms. The van der Waals surface area contributed by atoms with Crippen molar-refractivity contribution < 1.29 is 0 Å². The fourth-order valence-electron chi connectivity index (χ4n) is 3.53. The molecule has 3 aromatic heterocycles. The zero-order valence-corrected chi connectivity index (χ0v) is 15.8. The average Bonchev–Trinajstić information content (AvgIpc) is 3.08. The minimum Gasteiger partial charge on any atom is -0.340 e. The highest BCUT2D eigenvalue weighted by atomic mass is 15.4. The van der Waals surface area contributed by atoms with Crippen molar-refractivity contribution in [3.8, 4) is 0 Å². The van der Waals surface area contributed by atoms with Gasteiger partial charge < -0.3 is 4.90 Å². The average molecular weight is 364 g/mol. The Morgan fingerprint density at radius 2 is 1.89 bits per heavy atom. The summed E-state index contributed by atoms with van der Waals surface area (Å²) in [6.45, 7) is 6.98. The lowest BCUT2D eigenvalue weighted by Crippen LogP contribution is -2.19. The van der Waals surface area contributed by atoms with Gasteiger partial charge >= 0.3 is 0 Å². The fraction of sp³-hybridized carbons (Fsp3) is 0.526. The van der Waals surface area contributed by atoms with E-state index in [1.807, 2.05) is 36.7 Å². The van der Waals surface area contributed by atoms with Crippen LogP contribution in [-0.2, 0) is 6.54 Å². The van der Waals surface area contributed by atoms with E-state index in [0.29, 0.717) is 5.82 Å². The van der Waals surface area contributed by atoms with Gasteiger partial charge in [-0.2, -0.15) is 4.98 Å². The van der Waals surface area contributed by atoms with Crippen LogP contribution < -0.4 is 4.90 Å². The predicted molar refractivity (Wildman–Crippen MR) is 103 cm³/mol. The predicted octanol–water partition coefficient (Wildman–Crippen LogP) is 2.51. The summed E-state index contributed by atoms with van der Waals surface area (Å²) in [4.78, 5) is 16.0. The van der Waals surface area contributed by atoms with Gasteiger partial charge in [0.15, 0.2) is 17.3 Å². The van der Waals surface area contributed by atoms with Gasteiger partial charge in [0.1, 0.15) is 0 Å². The SMILES string of the molecule is Cc1ncc(C)n2nc(/C=C/c3nc(N4CCCC4)nn3CC3CC3)nc12. The van der Waals surface area contributed by atoms with Crippen LogP contribution in [0.2, 0.25) is 0 Å². The molecular formula is C19H24N8. The molecule has 2 fully saturated rings. The molecule has 27 heavy (non-hydrogen) atoms. The van der Waals surface area contributed by atoms with E-state index in [2.05, 4.69) is 24.6 Å². The third-order valence-corrected chi connectivity index (χ3v) is 5.31. The third kappa shape index (κ3) is 3.20. The summed E-state index contributed by atoms with van der Waals surface area (Å²) < 4.78 is 3.89. The van der Waals surface area contributed by atoms with E-state index in [-0.39, 0.29) is 0 Å². The molecule has 0 N–H and O–H groups in total. The molecule has 1 saturated carbocycles. The molecule has 1 saturated heterocycles. The van der Waals surface area contributed by atoms with E-state index < -0.39 is 0 Å². The molecule has 0 unspecified atom stereocenters. The quantitative estimate of drug-likeness (QED) is 0.692. The molecule has 1 aliphatic carbocycles. The number of aryl methyl sites for hydroxylation is 2. The Morgan fingerprint density at radius 1 is 1.07 bits per heavy atom. The molecule has 4 heterocycles. The van der Waals surface area contributed by atoms with Crippen molar-refractivity contribution in [1.82, 2.24) is 34.3 Å². The summed E-state index contributed by atoms with van der Waals surface area (Å²) in [7, 11) is 0. The number of nitrogens with zero attached hydrogens (tertiary/aromatic N) is 8. The van der Waals surface area contributed by atoms with Crippen LogP contribution in [0.5, 0.6) is 0 Å². The Bertz CT molecular complexity index is 965. The summed E-state index contributed by atoms with van der Waals surface area (Å²) in [5, 5.41) is 9.37. The van der Waals surface area contributed by atoms with E-state index in [1.165, 1.54) is 25.7 Å². The molecule has 5 rings (SSSR count). The monoisotopic (exact) mass is 364 g/mol. The van der Waals surface area contributed by atoms with Gasteiger partial charge in [0.05, 0.1) is 11.4 Å². The first-order valence-electron chi connectivity index (χ1n) is 9.74. The van der Waals surface area contributed by atoms with Gasteiger partial charge in [-0.1, -0.05) is 0 Å². The Hall–Kier alpha value is -2.77. The molecule has 8 heteroatoms. The largest absolute Gasteiger partial charge is 0.340 e. The summed E-state index contributed by atoms with van der Waals surface area (Å²) >= 11 is 0. The van der Waals surface area contributed by atoms with E-state index in [0.717, 1.165) is 54.4 Å². The second kappa shape index (κ2) is 6.44. The van der Waals surface area contributed by atoms with Gasteiger partial charge in [0.2, 0.25) is 5.95 Å². The van der Waals surface area contributed by atoms with Crippen molar-refractivity contribution in [2.45, 2.75) is 46.1 Å². The maximum atomic E-state index is 4.79. The highest BCUT2D eigenvalue weighted by Crippen LogP contribution is 2.31. The highest BCUT2D eigenvalue weighted by molar-refractivity contribution is 5.65. The second-order valence-electron chi connectivity index (χ2n) is 7.61. The fourth-order valence-corrected chi connectivity index (χ4v) is 3.53. The van der Waals surface area contributed by atoms with Crippen LogP contribution in [0.1, 0.15) is 48.7 Å². The van der Waals surface area contributed by atoms with Gasteiger partial charge in [-0.3, -0.25) is 4.98 Å². The second-order valence-corrected chi connectivity index (χ2v) is 7.61. The smallest absolute Gasteiger partial charge is 0.245 e. The van der Waals surface area contributed by atoms with Crippen LogP contribution in [0.25, 0.3) is 17.8 Å². The molecule has 140 valence electrons. The first-order chi connectivity index (χ1) is 13.2. The molecule has 0 aromatic carbocycles. The summed E-state index contributed by atoms with van der Waals surface area (Å²) in [6.07, 6.45) is 10.8. The first kappa shape index (κ1) is 16.4. The van der Waals surface area contributed by atoms with Gasteiger partial charge in [-0.05, 0) is 57.6 Å². The Balaban J connectivity index is 1.46. The minimum absolute atomic E-state index is 0.665. The van der Waals surface area contributed by atoms with Crippen molar-refractivity contribution in [3.63, 3.8) is 0 Å². The number of hydrogen-bond donors (Lipinski definition) is 0.